The Morgan fingerprint density at radius 2 is 2.00 bits per heavy atom. The number of amides is 1. The molecule has 1 aromatic heterocycles. The van der Waals surface area contributed by atoms with Crippen molar-refractivity contribution in [1.29, 1.82) is 0 Å². The second kappa shape index (κ2) is 5.85. The van der Waals surface area contributed by atoms with Gasteiger partial charge in [0, 0.05) is 17.1 Å². The van der Waals surface area contributed by atoms with Gasteiger partial charge in [-0.15, -0.1) is 0 Å². The van der Waals surface area contributed by atoms with Gasteiger partial charge in [0.15, 0.2) is 0 Å². The molecule has 20 heavy (non-hydrogen) atoms. The number of hydrogen-bond donors (Lipinski definition) is 1. The molecule has 2 aromatic rings. The Labute approximate surface area is 127 Å². The molecule has 0 bridgehead atoms. The summed E-state index contributed by atoms with van der Waals surface area (Å²) < 4.78 is 1.76. The normalized spacial score (nSPS) is 10.9. The van der Waals surface area contributed by atoms with Gasteiger partial charge in [0.1, 0.15) is 5.82 Å². The molecule has 106 valence electrons. The van der Waals surface area contributed by atoms with E-state index in [0.717, 1.165) is 5.69 Å². The predicted octanol–water partition coefficient (Wildman–Crippen LogP) is 4.33. The highest BCUT2D eigenvalue weighted by Gasteiger charge is 2.15. The van der Waals surface area contributed by atoms with Gasteiger partial charge in [0.25, 0.3) is 5.91 Å². The fraction of sp³-hybridized carbons (Fsp3) is 0.286. The Bertz CT molecular complexity index is 650. The quantitative estimate of drug-likeness (QED) is 0.917. The first-order valence-electron chi connectivity index (χ1n) is 6.21. The SMILES string of the molecule is Cc1cc(NC(=O)c2ccc(Cl)cc2Cl)n(C(C)C)n1. The van der Waals surface area contributed by atoms with Crippen LogP contribution in [-0.4, -0.2) is 15.7 Å². The largest absolute Gasteiger partial charge is 0.307 e. The number of carbonyl (C=O) groups is 1. The van der Waals surface area contributed by atoms with Gasteiger partial charge in [-0.05, 0) is 39.0 Å². The molecule has 0 saturated heterocycles. The van der Waals surface area contributed by atoms with Gasteiger partial charge in [-0.25, -0.2) is 4.68 Å². The first-order valence-corrected chi connectivity index (χ1v) is 6.96. The summed E-state index contributed by atoms with van der Waals surface area (Å²) in [7, 11) is 0. The van der Waals surface area contributed by atoms with Crippen molar-refractivity contribution in [2.24, 2.45) is 0 Å². The molecule has 0 spiro atoms. The van der Waals surface area contributed by atoms with Crippen LogP contribution >= 0.6 is 23.2 Å². The maximum Gasteiger partial charge on any atom is 0.258 e. The van der Waals surface area contributed by atoms with Crippen LogP contribution in [0.5, 0.6) is 0 Å². The third kappa shape index (κ3) is 3.14. The van der Waals surface area contributed by atoms with E-state index in [1.165, 1.54) is 0 Å². The maximum atomic E-state index is 12.3. The molecule has 0 saturated carbocycles. The van der Waals surface area contributed by atoms with E-state index in [1.54, 1.807) is 22.9 Å². The first kappa shape index (κ1) is 14.9. The third-order valence-electron chi connectivity index (χ3n) is 2.76. The minimum atomic E-state index is -0.284. The van der Waals surface area contributed by atoms with Crippen molar-refractivity contribution < 1.29 is 4.79 Å². The summed E-state index contributed by atoms with van der Waals surface area (Å²) in [6.45, 7) is 5.87. The van der Waals surface area contributed by atoms with E-state index in [0.29, 0.717) is 21.4 Å². The second-order valence-corrected chi connectivity index (χ2v) is 5.63. The molecule has 2 rings (SSSR count). The van der Waals surface area contributed by atoms with Crippen LogP contribution < -0.4 is 5.32 Å². The topological polar surface area (TPSA) is 46.9 Å². The number of anilines is 1. The highest BCUT2D eigenvalue weighted by molar-refractivity contribution is 6.37. The lowest BCUT2D eigenvalue weighted by molar-refractivity contribution is 0.102. The number of benzene rings is 1. The molecule has 0 aliphatic rings. The van der Waals surface area contributed by atoms with E-state index >= 15 is 0 Å². The molecule has 6 heteroatoms. The molecule has 0 atom stereocenters. The van der Waals surface area contributed by atoms with Gasteiger partial charge >= 0.3 is 0 Å². The van der Waals surface area contributed by atoms with Gasteiger partial charge in [0.2, 0.25) is 0 Å². The van der Waals surface area contributed by atoms with E-state index < -0.39 is 0 Å². The van der Waals surface area contributed by atoms with Crippen molar-refractivity contribution in [3.05, 3.63) is 45.6 Å². The van der Waals surface area contributed by atoms with E-state index in [9.17, 15) is 4.79 Å². The van der Waals surface area contributed by atoms with Crippen LogP contribution in [0.25, 0.3) is 0 Å². The number of nitrogens with zero attached hydrogens (tertiary/aromatic N) is 2. The average Bonchev–Trinajstić information content (AvgIpc) is 2.70. The Kier molecular flexibility index (Phi) is 4.35. The highest BCUT2D eigenvalue weighted by atomic mass is 35.5. The summed E-state index contributed by atoms with van der Waals surface area (Å²) >= 11 is 11.9. The summed E-state index contributed by atoms with van der Waals surface area (Å²) in [5.74, 6) is 0.363. The molecule has 0 aliphatic carbocycles. The molecule has 1 N–H and O–H groups in total. The van der Waals surface area contributed by atoms with E-state index in [2.05, 4.69) is 10.4 Å². The Hall–Kier alpha value is -1.52. The zero-order valence-corrected chi connectivity index (χ0v) is 13.0. The van der Waals surface area contributed by atoms with Gasteiger partial charge < -0.3 is 5.32 Å². The standard InChI is InChI=1S/C14H15Cl2N3O/c1-8(2)19-13(6-9(3)18-19)17-14(20)11-5-4-10(15)7-12(11)16/h4-8H,1-3H3,(H,17,20). The van der Waals surface area contributed by atoms with Crippen LogP contribution in [0.4, 0.5) is 5.82 Å². The van der Waals surface area contributed by atoms with E-state index in [4.69, 9.17) is 23.2 Å². The smallest absolute Gasteiger partial charge is 0.258 e. The molecule has 0 unspecified atom stereocenters. The molecule has 0 aliphatic heterocycles. The molecular weight excluding hydrogens is 297 g/mol. The van der Waals surface area contributed by atoms with Gasteiger partial charge in [-0.1, -0.05) is 23.2 Å². The number of carbonyl (C=O) groups excluding carboxylic acids is 1. The number of halogens is 2. The maximum absolute atomic E-state index is 12.3. The van der Waals surface area contributed by atoms with Crippen molar-refractivity contribution in [3.63, 3.8) is 0 Å². The van der Waals surface area contributed by atoms with E-state index in [-0.39, 0.29) is 11.9 Å². The third-order valence-corrected chi connectivity index (χ3v) is 3.31. The monoisotopic (exact) mass is 311 g/mol. The lowest BCUT2D eigenvalue weighted by atomic mass is 10.2. The van der Waals surface area contributed by atoms with Crippen LogP contribution in [0.15, 0.2) is 24.3 Å². The van der Waals surface area contributed by atoms with Crippen molar-refractivity contribution in [3.8, 4) is 0 Å². The first-order chi connectivity index (χ1) is 9.38. The molecule has 1 heterocycles. The molecule has 1 amide bonds. The lowest BCUT2D eigenvalue weighted by Gasteiger charge is -2.12. The lowest BCUT2D eigenvalue weighted by Crippen LogP contribution is -2.17. The number of hydrogen-bond acceptors (Lipinski definition) is 2. The zero-order valence-electron chi connectivity index (χ0n) is 11.4. The summed E-state index contributed by atoms with van der Waals surface area (Å²) in [4.78, 5) is 12.3. The van der Waals surface area contributed by atoms with Crippen molar-refractivity contribution >= 4 is 34.9 Å². The Balaban J connectivity index is 2.28. The number of nitrogens with one attached hydrogen (secondary N) is 1. The fourth-order valence-electron chi connectivity index (χ4n) is 1.86. The van der Waals surface area contributed by atoms with Crippen molar-refractivity contribution in [2.75, 3.05) is 5.32 Å². The number of aryl methyl sites for hydroxylation is 1. The second-order valence-electron chi connectivity index (χ2n) is 4.79. The summed E-state index contributed by atoms with van der Waals surface area (Å²) in [6, 6.07) is 6.75. The fourth-order valence-corrected chi connectivity index (χ4v) is 2.36. The van der Waals surface area contributed by atoms with E-state index in [1.807, 2.05) is 26.8 Å². The van der Waals surface area contributed by atoms with Gasteiger partial charge in [-0.2, -0.15) is 5.10 Å². The number of rotatable bonds is 3. The summed E-state index contributed by atoms with van der Waals surface area (Å²) in [5, 5.41) is 7.98. The Morgan fingerprint density at radius 1 is 1.30 bits per heavy atom. The van der Waals surface area contributed by atoms with Crippen molar-refractivity contribution in [1.82, 2.24) is 9.78 Å². The molecule has 0 radical (unpaired) electrons. The van der Waals surface area contributed by atoms with Crippen LogP contribution in [0.2, 0.25) is 10.0 Å². The molecule has 1 aromatic carbocycles. The van der Waals surface area contributed by atoms with Crippen LogP contribution in [-0.2, 0) is 0 Å². The van der Waals surface area contributed by atoms with Crippen LogP contribution in [0, 0.1) is 6.92 Å². The zero-order chi connectivity index (χ0) is 14.9. The average molecular weight is 312 g/mol. The molecular formula is C14H15Cl2N3O. The highest BCUT2D eigenvalue weighted by Crippen LogP contribution is 2.23. The summed E-state index contributed by atoms with van der Waals surface area (Å²) in [6.07, 6.45) is 0. The molecule has 0 fully saturated rings. The summed E-state index contributed by atoms with van der Waals surface area (Å²) in [5.41, 5.74) is 1.22. The Morgan fingerprint density at radius 3 is 2.60 bits per heavy atom. The minimum Gasteiger partial charge on any atom is -0.307 e. The minimum absolute atomic E-state index is 0.152. The van der Waals surface area contributed by atoms with Gasteiger partial charge in [0.05, 0.1) is 16.3 Å². The van der Waals surface area contributed by atoms with Crippen LogP contribution in [0.3, 0.4) is 0 Å². The molecule has 4 nitrogen and oxygen atoms in total. The van der Waals surface area contributed by atoms with Crippen molar-refractivity contribution in [2.45, 2.75) is 26.8 Å². The van der Waals surface area contributed by atoms with Gasteiger partial charge in [-0.3, -0.25) is 4.79 Å². The predicted molar refractivity (Wildman–Crippen MR) is 81.8 cm³/mol. The van der Waals surface area contributed by atoms with Crippen LogP contribution in [0.1, 0.15) is 35.9 Å². The number of aromatic nitrogens is 2.